The second-order valence-corrected chi connectivity index (χ2v) is 7.82. The summed E-state index contributed by atoms with van der Waals surface area (Å²) in [4.78, 5) is 43.2. The van der Waals surface area contributed by atoms with Crippen molar-refractivity contribution in [3.05, 3.63) is 95.6 Å². The lowest BCUT2D eigenvalue weighted by molar-refractivity contribution is 0.0963. The van der Waals surface area contributed by atoms with Gasteiger partial charge in [-0.25, -0.2) is 4.99 Å². The summed E-state index contributed by atoms with van der Waals surface area (Å²) < 4.78 is 5.65. The molecule has 35 heavy (non-hydrogen) atoms. The van der Waals surface area contributed by atoms with Crippen LogP contribution >= 0.6 is 0 Å². The Morgan fingerprint density at radius 1 is 0.800 bits per heavy atom. The number of aliphatic imine (C=N–C) groups is 1. The zero-order valence-electron chi connectivity index (χ0n) is 19.5. The number of nitrogens with one attached hydrogen (secondary N) is 2. The minimum absolute atomic E-state index is 0.0676. The summed E-state index contributed by atoms with van der Waals surface area (Å²) in [6, 6.07) is 21.3. The Bertz CT molecular complexity index is 1190. The van der Waals surface area contributed by atoms with Crippen LogP contribution in [-0.4, -0.2) is 55.8 Å². The lowest BCUT2D eigenvalue weighted by Crippen LogP contribution is -2.43. The average molecular weight is 474 g/mol. The van der Waals surface area contributed by atoms with Crippen LogP contribution in [0.5, 0.6) is 5.75 Å². The van der Waals surface area contributed by atoms with Crippen LogP contribution in [0.25, 0.3) is 0 Å². The Kier molecular flexibility index (Phi) is 8.69. The number of benzene rings is 3. The van der Waals surface area contributed by atoms with Gasteiger partial charge in [-0.15, -0.1) is 0 Å². The van der Waals surface area contributed by atoms with Gasteiger partial charge in [-0.05, 0) is 74.8 Å². The number of primary amides is 1. The lowest BCUT2D eigenvalue weighted by atomic mass is 10.2. The Morgan fingerprint density at radius 2 is 1.34 bits per heavy atom. The van der Waals surface area contributed by atoms with Crippen LogP contribution in [0.1, 0.15) is 31.1 Å². The number of amides is 3. The first kappa shape index (κ1) is 25.1. The number of hydrogen-bond donors (Lipinski definition) is 3. The number of hydrogen-bond acceptors (Lipinski definition) is 6. The highest BCUT2D eigenvalue weighted by Crippen LogP contribution is 2.14. The average Bonchev–Trinajstić information content (AvgIpc) is 2.85. The van der Waals surface area contributed by atoms with Gasteiger partial charge in [0.15, 0.2) is 0 Å². The molecule has 0 spiro atoms. The van der Waals surface area contributed by atoms with Gasteiger partial charge in [-0.2, -0.15) is 0 Å². The molecule has 3 amide bonds. The van der Waals surface area contributed by atoms with Crippen molar-refractivity contribution in [1.82, 2.24) is 15.5 Å². The van der Waals surface area contributed by atoms with E-state index < -0.39 is 17.7 Å². The third-order valence-corrected chi connectivity index (χ3v) is 4.82. The van der Waals surface area contributed by atoms with Gasteiger partial charge < -0.3 is 15.4 Å². The second kappa shape index (κ2) is 12.1. The maximum atomic E-state index is 12.9. The summed E-state index contributed by atoms with van der Waals surface area (Å²) in [6.07, 6.45) is 0. The van der Waals surface area contributed by atoms with Crippen LogP contribution in [0.3, 0.4) is 0 Å². The molecule has 0 saturated carbocycles. The molecule has 0 fully saturated rings. The van der Waals surface area contributed by atoms with Crippen molar-refractivity contribution in [2.24, 2.45) is 10.7 Å². The standard InChI is InChI=1S/C26H27N5O4/c1-31(2)16-17-35-22-14-10-20(11-15-22)25(34)30-26(29-24(33)19-6-4-3-5-7-19)28-21-12-8-18(9-13-21)23(27)32/h3-15H,16-17H2,1-2H3,(H2,27,32)(H2,28,29,30,33,34). The van der Waals surface area contributed by atoms with Gasteiger partial charge in [0.25, 0.3) is 11.8 Å². The molecule has 0 aliphatic rings. The molecule has 0 saturated heterocycles. The first-order chi connectivity index (χ1) is 16.8. The molecule has 3 aromatic rings. The summed E-state index contributed by atoms with van der Waals surface area (Å²) in [5.74, 6) is -0.902. The quantitative estimate of drug-likeness (QED) is 0.342. The zero-order chi connectivity index (χ0) is 25.2. The van der Waals surface area contributed by atoms with Crippen molar-refractivity contribution < 1.29 is 19.1 Å². The summed E-state index contributed by atoms with van der Waals surface area (Å²) in [6.45, 7) is 1.29. The monoisotopic (exact) mass is 473 g/mol. The molecular formula is C26H27N5O4. The van der Waals surface area contributed by atoms with Crippen molar-refractivity contribution in [3.8, 4) is 5.75 Å². The minimum atomic E-state index is -0.569. The van der Waals surface area contributed by atoms with Crippen molar-refractivity contribution >= 4 is 29.4 Å². The largest absolute Gasteiger partial charge is 0.492 e. The van der Waals surface area contributed by atoms with Gasteiger partial charge in [0, 0.05) is 23.2 Å². The summed E-state index contributed by atoms with van der Waals surface area (Å²) in [7, 11) is 3.91. The Hall–Kier alpha value is -4.50. The van der Waals surface area contributed by atoms with Crippen LogP contribution in [0.4, 0.5) is 5.69 Å². The molecule has 0 unspecified atom stereocenters. The highest BCUT2D eigenvalue weighted by Gasteiger charge is 2.14. The van der Waals surface area contributed by atoms with E-state index in [1.54, 1.807) is 66.7 Å². The van der Waals surface area contributed by atoms with Crippen molar-refractivity contribution in [3.63, 3.8) is 0 Å². The highest BCUT2D eigenvalue weighted by atomic mass is 16.5. The summed E-state index contributed by atoms with van der Waals surface area (Å²) in [5.41, 5.74) is 6.76. The third-order valence-electron chi connectivity index (χ3n) is 4.82. The fraction of sp³-hybridized carbons (Fsp3) is 0.154. The summed E-state index contributed by atoms with van der Waals surface area (Å²) in [5, 5.41) is 5.27. The molecule has 9 nitrogen and oxygen atoms in total. The van der Waals surface area contributed by atoms with E-state index in [0.717, 1.165) is 6.54 Å². The van der Waals surface area contributed by atoms with Crippen LogP contribution < -0.4 is 21.1 Å². The smallest absolute Gasteiger partial charge is 0.257 e. The van der Waals surface area contributed by atoms with Gasteiger partial charge in [0.05, 0.1) is 5.69 Å². The molecule has 0 radical (unpaired) electrons. The number of carbonyl (C=O) groups is 3. The third kappa shape index (κ3) is 7.79. The van der Waals surface area contributed by atoms with Gasteiger partial charge in [0.1, 0.15) is 12.4 Å². The topological polar surface area (TPSA) is 126 Å². The van der Waals surface area contributed by atoms with Crippen molar-refractivity contribution in [2.45, 2.75) is 0 Å². The highest BCUT2D eigenvalue weighted by molar-refractivity contribution is 6.13. The van der Waals surface area contributed by atoms with Crippen LogP contribution in [-0.2, 0) is 0 Å². The lowest BCUT2D eigenvalue weighted by Gasteiger charge is -2.12. The first-order valence-corrected chi connectivity index (χ1v) is 10.9. The van der Waals surface area contributed by atoms with E-state index in [1.165, 1.54) is 12.1 Å². The molecule has 0 aliphatic heterocycles. The Balaban J connectivity index is 1.77. The summed E-state index contributed by atoms with van der Waals surface area (Å²) >= 11 is 0. The number of nitrogens with zero attached hydrogens (tertiary/aromatic N) is 2. The van der Waals surface area contributed by atoms with Crippen LogP contribution in [0, 0.1) is 0 Å². The van der Waals surface area contributed by atoms with Gasteiger partial charge >= 0.3 is 0 Å². The van der Waals surface area contributed by atoms with Crippen molar-refractivity contribution in [2.75, 3.05) is 27.2 Å². The maximum Gasteiger partial charge on any atom is 0.257 e. The predicted octanol–water partition coefficient (Wildman–Crippen LogP) is 2.57. The fourth-order valence-electron chi connectivity index (χ4n) is 2.91. The van der Waals surface area contributed by atoms with Crippen LogP contribution in [0.2, 0.25) is 0 Å². The molecule has 180 valence electrons. The second-order valence-electron chi connectivity index (χ2n) is 7.82. The maximum absolute atomic E-state index is 12.9. The van der Waals surface area contributed by atoms with E-state index >= 15 is 0 Å². The number of rotatable bonds is 8. The normalized spacial score (nSPS) is 11.1. The molecule has 3 aromatic carbocycles. The van der Waals surface area contributed by atoms with Gasteiger partial charge in [-0.1, -0.05) is 18.2 Å². The first-order valence-electron chi connectivity index (χ1n) is 10.9. The molecule has 0 bridgehead atoms. The molecule has 0 atom stereocenters. The predicted molar refractivity (Wildman–Crippen MR) is 134 cm³/mol. The number of carbonyl (C=O) groups excluding carboxylic acids is 3. The van der Waals surface area contributed by atoms with E-state index in [-0.39, 0.29) is 5.96 Å². The molecular weight excluding hydrogens is 446 g/mol. The number of ether oxygens (including phenoxy) is 1. The number of guanidine groups is 1. The number of likely N-dealkylation sites (N-methyl/N-ethyl adjacent to an activating group) is 1. The zero-order valence-corrected chi connectivity index (χ0v) is 19.5. The molecule has 0 heterocycles. The molecule has 0 aliphatic carbocycles. The number of nitrogens with two attached hydrogens (primary N) is 1. The van der Waals surface area contributed by atoms with Crippen molar-refractivity contribution in [1.29, 1.82) is 0 Å². The minimum Gasteiger partial charge on any atom is -0.492 e. The van der Waals surface area contributed by atoms with E-state index in [9.17, 15) is 14.4 Å². The molecule has 0 aromatic heterocycles. The van der Waals surface area contributed by atoms with E-state index in [1.807, 2.05) is 19.0 Å². The van der Waals surface area contributed by atoms with Crippen LogP contribution in [0.15, 0.2) is 83.9 Å². The molecule has 3 rings (SSSR count). The SMILES string of the molecule is CN(C)CCOc1ccc(C(=O)NC(=Nc2ccc(C(N)=O)cc2)NC(=O)c2ccccc2)cc1. The fourth-order valence-corrected chi connectivity index (χ4v) is 2.91. The van der Waals surface area contributed by atoms with E-state index in [2.05, 4.69) is 15.6 Å². The Morgan fingerprint density at radius 3 is 1.89 bits per heavy atom. The molecule has 4 N–H and O–H groups in total. The van der Waals surface area contributed by atoms with E-state index in [0.29, 0.717) is 34.7 Å². The molecule has 9 heteroatoms. The Labute approximate surface area is 203 Å². The van der Waals surface area contributed by atoms with E-state index in [4.69, 9.17) is 10.5 Å². The van der Waals surface area contributed by atoms with Gasteiger partial charge in [0.2, 0.25) is 11.9 Å². The van der Waals surface area contributed by atoms with Gasteiger partial charge in [-0.3, -0.25) is 25.0 Å².